The maximum absolute atomic E-state index is 13.7. The van der Waals surface area contributed by atoms with Gasteiger partial charge in [0.15, 0.2) is 23.5 Å². The number of hydrogen-bond donors (Lipinski definition) is 1. The van der Waals surface area contributed by atoms with Crippen LogP contribution in [0.25, 0.3) is 0 Å². The first-order chi connectivity index (χ1) is 12.3. The third kappa shape index (κ3) is 4.66. The molecule has 1 N–H and O–H groups in total. The van der Waals surface area contributed by atoms with Crippen molar-refractivity contribution >= 4 is 23.3 Å². The fourth-order valence-corrected chi connectivity index (χ4v) is 2.14. The van der Waals surface area contributed by atoms with Gasteiger partial charge in [-0.2, -0.15) is 0 Å². The van der Waals surface area contributed by atoms with Crippen LogP contribution in [0.3, 0.4) is 0 Å². The molecule has 1 atom stereocenters. The summed E-state index contributed by atoms with van der Waals surface area (Å²) in [6.45, 7) is 2.81. The van der Waals surface area contributed by atoms with Gasteiger partial charge < -0.3 is 14.8 Å². The van der Waals surface area contributed by atoms with Crippen LogP contribution in [-0.2, 0) is 9.53 Å². The Morgan fingerprint density at radius 1 is 1.08 bits per heavy atom. The molecule has 0 spiro atoms. The Balaban J connectivity index is 2.02. The Hall–Kier alpha value is -3.22. The van der Waals surface area contributed by atoms with Gasteiger partial charge in [0.1, 0.15) is 0 Å². The lowest BCUT2D eigenvalue weighted by Gasteiger charge is -2.14. The number of nitrogens with one attached hydrogen (secondary N) is 1. The number of benzene rings is 2. The average molecular weight is 359 g/mol. The molecule has 0 aliphatic heterocycles. The highest BCUT2D eigenvalue weighted by molar-refractivity contribution is 5.99. The fraction of sp³-hybridized carbons (Fsp3) is 0.211. The number of carbonyl (C=O) groups is 3. The molecule has 0 heterocycles. The Bertz CT molecular complexity index is 850. The summed E-state index contributed by atoms with van der Waals surface area (Å²) in [4.78, 5) is 35.6. The minimum atomic E-state index is -1.12. The molecule has 2 rings (SSSR count). The van der Waals surface area contributed by atoms with E-state index in [1.54, 1.807) is 18.2 Å². The van der Waals surface area contributed by atoms with Gasteiger partial charge in [-0.3, -0.25) is 9.59 Å². The summed E-state index contributed by atoms with van der Waals surface area (Å²) in [5.41, 5.74) is 0.809. The lowest BCUT2D eigenvalue weighted by Crippen LogP contribution is -2.30. The highest BCUT2D eigenvalue weighted by Gasteiger charge is 2.20. The molecule has 6 nitrogen and oxygen atoms in total. The van der Waals surface area contributed by atoms with E-state index in [0.29, 0.717) is 11.3 Å². The SMILES string of the molecule is COc1ccc(C(=O)OC(C)C(=O)Nc2cccc(C(C)=O)c2)cc1F. The number of methoxy groups -OCH3 is 1. The van der Waals surface area contributed by atoms with Gasteiger partial charge in [-0.15, -0.1) is 0 Å². The largest absolute Gasteiger partial charge is 0.494 e. The summed E-state index contributed by atoms with van der Waals surface area (Å²) in [5.74, 6) is -2.26. The third-order valence-electron chi connectivity index (χ3n) is 3.58. The molecule has 0 aliphatic rings. The number of rotatable bonds is 6. The molecule has 0 saturated carbocycles. The zero-order chi connectivity index (χ0) is 19.3. The Morgan fingerprint density at radius 2 is 1.81 bits per heavy atom. The molecule has 0 saturated heterocycles. The van der Waals surface area contributed by atoms with Gasteiger partial charge in [-0.25, -0.2) is 9.18 Å². The van der Waals surface area contributed by atoms with Gasteiger partial charge >= 0.3 is 5.97 Å². The van der Waals surface area contributed by atoms with Crippen molar-refractivity contribution in [3.8, 4) is 5.75 Å². The van der Waals surface area contributed by atoms with E-state index < -0.39 is 23.8 Å². The molecule has 7 heteroatoms. The monoisotopic (exact) mass is 359 g/mol. The molecule has 0 aromatic heterocycles. The lowest BCUT2D eigenvalue weighted by atomic mass is 10.1. The third-order valence-corrected chi connectivity index (χ3v) is 3.58. The molecule has 2 aromatic carbocycles. The predicted molar refractivity (Wildman–Crippen MR) is 92.9 cm³/mol. The number of ketones is 1. The fourth-order valence-electron chi connectivity index (χ4n) is 2.14. The quantitative estimate of drug-likeness (QED) is 0.633. The van der Waals surface area contributed by atoms with Crippen molar-refractivity contribution in [3.63, 3.8) is 0 Å². The summed E-state index contributed by atoms with van der Waals surface area (Å²) in [7, 11) is 1.31. The topological polar surface area (TPSA) is 81.7 Å². The van der Waals surface area contributed by atoms with Gasteiger partial charge in [0.05, 0.1) is 12.7 Å². The van der Waals surface area contributed by atoms with Crippen LogP contribution in [-0.4, -0.2) is 30.9 Å². The second-order valence-electron chi connectivity index (χ2n) is 5.52. The molecule has 26 heavy (non-hydrogen) atoms. The van der Waals surface area contributed by atoms with Crippen LogP contribution < -0.4 is 10.1 Å². The number of Topliss-reactive ketones (excluding diaryl/α,β-unsaturated/α-hetero) is 1. The molecule has 0 fully saturated rings. The Kier molecular flexibility index (Phi) is 6.06. The second kappa shape index (κ2) is 8.24. The first-order valence-corrected chi connectivity index (χ1v) is 7.78. The van der Waals surface area contributed by atoms with Crippen LogP contribution >= 0.6 is 0 Å². The summed E-state index contributed by atoms with van der Waals surface area (Å²) >= 11 is 0. The molecular weight excluding hydrogens is 341 g/mol. The van der Waals surface area contributed by atoms with Crippen molar-refractivity contribution in [2.75, 3.05) is 12.4 Å². The molecule has 136 valence electrons. The van der Waals surface area contributed by atoms with Gasteiger partial charge in [0.2, 0.25) is 0 Å². The highest BCUT2D eigenvalue weighted by atomic mass is 19.1. The van der Waals surface area contributed by atoms with Crippen molar-refractivity contribution < 1.29 is 28.2 Å². The minimum absolute atomic E-state index is 0.00213. The van der Waals surface area contributed by atoms with Crippen LogP contribution in [0.15, 0.2) is 42.5 Å². The maximum Gasteiger partial charge on any atom is 0.339 e. The number of anilines is 1. The molecule has 1 amide bonds. The highest BCUT2D eigenvalue weighted by Crippen LogP contribution is 2.19. The molecule has 0 aliphatic carbocycles. The first-order valence-electron chi connectivity index (χ1n) is 7.78. The van der Waals surface area contributed by atoms with Crippen LogP contribution in [0.1, 0.15) is 34.6 Å². The van der Waals surface area contributed by atoms with E-state index in [1.807, 2.05) is 0 Å². The molecule has 0 radical (unpaired) electrons. The average Bonchev–Trinajstić information content (AvgIpc) is 2.61. The van der Waals surface area contributed by atoms with Crippen molar-refractivity contribution in [3.05, 3.63) is 59.4 Å². The van der Waals surface area contributed by atoms with Crippen LogP contribution in [0.5, 0.6) is 5.75 Å². The van der Waals surface area contributed by atoms with E-state index in [9.17, 15) is 18.8 Å². The van der Waals surface area contributed by atoms with Crippen molar-refractivity contribution in [1.82, 2.24) is 0 Å². The summed E-state index contributed by atoms with van der Waals surface area (Å²) in [6.07, 6.45) is -1.12. The van der Waals surface area contributed by atoms with Crippen LogP contribution in [0, 0.1) is 5.82 Å². The minimum Gasteiger partial charge on any atom is -0.494 e. The van der Waals surface area contributed by atoms with Crippen molar-refractivity contribution in [1.29, 1.82) is 0 Å². The summed E-state index contributed by atoms with van der Waals surface area (Å²) in [6, 6.07) is 9.99. The maximum atomic E-state index is 13.7. The van der Waals surface area contributed by atoms with Gasteiger partial charge in [0, 0.05) is 11.3 Å². The van der Waals surface area contributed by atoms with E-state index in [2.05, 4.69) is 5.32 Å². The van der Waals surface area contributed by atoms with E-state index in [0.717, 1.165) is 6.07 Å². The van der Waals surface area contributed by atoms with Gasteiger partial charge in [-0.1, -0.05) is 12.1 Å². The smallest absolute Gasteiger partial charge is 0.339 e. The number of amides is 1. The van der Waals surface area contributed by atoms with Crippen LogP contribution in [0.4, 0.5) is 10.1 Å². The predicted octanol–water partition coefficient (Wildman–Crippen LogP) is 3.22. The molecule has 1 unspecified atom stereocenters. The van der Waals surface area contributed by atoms with Gasteiger partial charge in [0.25, 0.3) is 5.91 Å². The summed E-state index contributed by atoms with van der Waals surface area (Å²) < 4.78 is 23.5. The number of ether oxygens (including phenoxy) is 2. The molecule has 2 aromatic rings. The Labute approximate surface area is 149 Å². The van der Waals surface area contributed by atoms with Crippen LogP contribution in [0.2, 0.25) is 0 Å². The van der Waals surface area contributed by atoms with E-state index in [4.69, 9.17) is 9.47 Å². The number of halogens is 1. The number of carbonyl (C=O) groups excluding carboxylic acids is 3. The molecule has 0 bridgehead atoms. The second-order valence-corrected chi connectivity index (χ2v) is 5.52. The summed E-state index contributed by atoms with van der Waals surface area (Å²) in [5, 5.41) is 2.56. The first kappa shape index (κ1) is 19.1. The van der Waals surface area contributed by atoms with E-state index in [1.165, 1.54) is 39.2 Å². The van der Waals surface area contributed by atoms with Crippen molar-refractivity contribution in [2.45, 2.75) is 20.0 Å². The van der Waals surface area contributed by atoms with E-state index >= 15 is 0 Å². The van der Waals surface area contributed by atoms with Crippen molar-refractivity contribution in [2.24, 2.45) is 0 Å². The zero-order valence-corrected chi connectivity index (χ0v) is 14.5. The zero-order valence-electron chi connectivity index (χ0n) is 14.5. The molecular formula is C19H18FNO5. The van der Waals surface area contributed by atoms with Gasteiger partial charge in [-0.05, 0) is 44.2 Å². The number of hydrogen-bond acceptors (Lipinski definition) is 5. The Morgan fingerprint density at radius 3 is 2.42 bits per heavy atom. The lowest BCUT2D eigenvalue weighted by molar-refractivity contribution is -0.123. The standard InChI is InChI=1S/C19H18FNO5/c1-11(22)13-5-4-6-15(9-13)21-18(23)12(2)26-19(24)14-7-8-17(25-3)16(20)10-14/h4-10,12H,1-3H3,(H,21,23). The normalized spacial score (nSPS) is 11.4. The van der Waals surface area contributed by atoms with E-state index in [-0.39, 0.29) is 17.1 Å². The number of esters is 1.